The average Bonchev–Trinajstić information content (AvgIpc) is 3.02. The van der Waals surface area contributed by atoms with Crippen LogP contribution in [0.25, 0.3) is 10.4 Å². The van der Waals surface area contributed by atoms with Crippen molar-refractivity contribution in [2.45, 2.75) is 11.8 Å². The molecule has 25 heavy (non-hydrogen) atoms. The van der Waals surface area contributed by atoms with Gasteiger partial charge in [0.1, 0.15) is 11.5 Å². The third-order valence-electron chi connectivity index (χ3n) is 3.58. The minimum Gasteiger partial charge on any atom is -0.508 e. The molecule has 3 N–H and O–H groups in total. The Labute approximate surface area is 155 Å². The number of aromatic nitrogens is 1. The predicted molar refractivity (Wildman–Crippen MR) is 106 cm³/mol. The molecule has 0 saturated heterocycles. The molecule has 3 rings (SSSR count). The number of benzene rings is 2. The van der Waals surface area contributed by atoms with Crippen molar-refractivity contribution < 1.29 is 9.84 Å². The monoisotopic (exact) mass is 373 g/mol. The Hall–Kier alpha value is -2.38. The molecule has 0 unspecified atom stereocenters. The predicted octanol–water partition coefficient (Wildman–Crippen LogP) is 4.99. The Kier molecular flexibility index (Phi) is 5.35. The summed E-state index contributed by atoms with van der Waals surface area (Å²) in [5, 5.41) is 13.4. The molecule has 0 radical (unpaired) electrons. The summed E-state index contributed by atoms with van der Waals surface area (Å²) in [6.07, 6.45) is 0. The Balaban J connectivity index is 1.86. The van der Waals surface area contributed by atoms with Crippen molar-refractivity contribution in [3.05, 3.63) is 48.2 Å². The smallest absolute Gasteiger partial charge is 0.183 e. The van der Waals surface area contributed by atoms with Crippen LogP contribution in [0.1, 0.15) is 5.69 Å². The Morgan fingerprint density at radius 2 is 1.92 bits per heavy atom. The minimum atomic E-state index is 0.246. The molecule has 7 heteroatoms. The molecule has 0 amide bonds. The normalized spacial score (nSPS) is 10.5. The summed E-state index contributed by atoms with van der Waals surface area (Å²) >= 11 is 3.10. The number of hydrogen-bond donors (Lipinski definition) is 3. The molecule has 3 aromatic rings. The van der Waals surface area contributed by atoms with Gasteiger partial charge in [-0.3, -0.25) is 0 Å². The van der Waals surface area contributed by atoms with E-state index >= 15 is 0 Å². The highest BCUT2D eigenvalue weighted by atomic mass is 32.2. The van der Waals surface area contributed by atoms with Crippen LogP contribution >= 0.6 is 23.3 Å². The molecule has 0 saturated carbocycles. The summed E-state index contributed by atoms with van der Waals surface area (Å²) in [5.74, 6) is 1.05. The van der Waals surface area contributed by atoms with Crippen molar-refractivity contribution in [1.29, 1.82) is 0 Å². The molecule has 5 nitrogen and oxygen atoms in total. The third-order valence-corrected chi connectivity index (χ3v) is 5.68. The number of anilines is 2. The van der Waals surface area contributed by atoms with Gasteiger partial charge in [-0.05, 0) is 66.9 Å². The van der Waals surface area contributed by atoms with Gasteiger partial charge in [0.15, 0.2) is 5.13 Å². The number of aromatic hydroxyl groups is 1. The van der Waals surface area contributed by atoms with E-state index in [1.807, 2.05) is 38.2 Å². The van der Waals surface area contributed by atoms with Crippen molar-refractivity contribution in [2.75, 3.05) is 24.2 Å². The van der Waals surface area contributed by atoms with Crippen LogP contribution in [0, 0.1) is 6.92 Å². The Morgan fingerprint density at radius 1 is 1.16 bits per heavy atom. The van der Waals surface area contributed by atoms with Crippen LogP contribution in [0.2, 0.25) is 0 Å². The van der Waals surface area contributed by atoms with Crippen LogP contribution in [-0.2, 0) is 0 Å². The highest BCUT2D eigenvalue weighted by Crippen LogP contribution is 2.38. The fraction of sp³-hybridized carbons (Fsp3) is 0.167. The number of nitrogens with zero attached hydrogens (tertiary/aromatic N) is 1. The molecule has 130 valence electrons. The topological polar surface area (TPSA) is 66.4 Å². The molecule has 0 spiro atoms. The van der Waals surface area contributed by atoms with Gasteiger partial charge in [-0.1, -0.05) is 11.3 Å². The van der Waals surface area contributed by atoms with Crippen LogP contribution in [-0.4, -0.2) is 24.2 Å². The molecular formula is C18H19N3O2S2. The SMILES string of the molecule is CNc1nc(C)c(-c2ccc(OC)c(SNc3ccc(O)cc3)c2)s1. The first-order chi connectivity index (χ1) is 12.1. The molecule has 1 heterocycles. The van der Waals surface area contributed by atoms with Crippen LogP contribution in [0.4, 0.5) is 10.8 Å². The number of phenolic OH excluding ortho intramolecular Hbond substituents is 1. The molecular weight excluding hydrogens is 354 g/mol. The van der Waals surface area contributed by atoms with Crippen molar-refractivity contribution in [3.8, 4) is 21.9 Å². The van der Waals surface area contributed by atoms with Crippen molar-refractivity contribution in [1.82, 2.24) is 4.98 Å². The lowest BCUT2D eigenvalue weighted by Gasteiger charge is -2.11. The standard InChI is InChI=1S/C18H19N3O2S2/c1-11-17(24-18(19-2)20-11)12-4-9-15(23-3)16(10-12)25-21-13-5-7-14(22)8-6-13/h4-10,21-22H,1-3H3,(H,19,20). The van der Waals surface area contributed by atoms with Crippen molar-refractivity contribution in [2.24, 2.45) is 0 Å². The van der Waals surface area contributed by atoms with Gasteiger partial charge in [0.25, 0.3) is 0 Å². The molecule has 0 atom stereocenters. The second kappa shape index (κ2) is 7.67. The number of nitrogens with one attached hydrogen (secondary N) is 2. The van der Waals surface area contributed by atoms with Gasteiger partial charge in [0.2, 0.25) is 0 Å². The summed E-state index contributed by atoms with van der Waals surface area (Å²) in [6, 6.07) is 13.1. The van der Waals surface area contributed by atoms with Gasteiger partial charge < -0.3 is 19.9 Å². The number of hydrogen-bond acceptors (Lipinski definition) is 7. The van der Waals surface area contributed by atoms with E-state index in [-0.39, 0.29) is 5.75 Å². The number of thiazole rings is 1. The zero-order chi connectivity index (χ0) is 17.8. The first-order valence-electron chi connectivity index (χ1n) is 7.66. The highest BCUT2D eigenvalue weighted by molar-refractivity contribution is 8.00. The van der Waals surface area contributed by atoms with Crippen molar-refractivity contribution in [3.63, 3.8) is 0 Å². The van der Waals surface area contributed by atoms with Crippen LogP contribution < -0.4 is 14.8 Å². The first-order valence-corrected chi connectivity index (χ1v) is 9.29. The molecule has 0 aliphatic heterocycles. The molecule has 0 aliphatic carbocycles. The van der Waals surface area contributed by atoms with Crippen LogP contribution in [0.15, 0.2) is 47.4 Å². The summed E-state index contributed by atoms with van der Waals surface area (Å²) < 4.78 is 8.75. The van der Waals surface area contributed by atoms with Crippen molar-refractivity contribution >= 4 is 34.1 Å². The lowest BCUT2D eigenvalue weighted by atomic mass is 10.1. The van der Waals surface area contributed by atoms with Crippen LogP contribution in [0.3, 0.4) is 0 Å². The average molecular weight is 374 g/mol. The maximum Gasteiger partial charge on any atom is 0.183 e. The van der Waals surface area contributed by atoms with E-state index in [1.54, 1.807) is 30.6 Å². The summed E-state index contributed by atoms with van der Waals surface area (Å²) in [4.78, 5) is 6.63. The largest absolute Gasteiger partial charge is 0.508 e. The highest BCUT2D eigenvalue weighted by Gasteiger charge is 2.12. The first kappa shape index (κ1) is 17.4. The zero-order valence-corrected chi connectivity index (χ0v) is 15.8. The molecule has 2 aromatic carbocycles. The Bertz CT molecular complexity index is 863. The number of rotatable bonds is 6. The van der Waals surface area contributed by atoms with E-state index in [1.165, 1.54) is 11.9 Å². The minimum absolute atomic E-state index is 0.246. The van der Waals surface area contributed by atoms with Gasteiger partial charge >= 0.3 is 0 Å². The Morgan fingerprint density at radius 3 is 2.56 bits per heavy atom. The number of phenols is 1. The van der Waals surface area contributed by atoms with E-state index in [4.69, 9.17) is 4.74 Å². The second-order valence-corrected chi connectivity index (χ2v) is 7.15. The van der Waals surface area contributed by atoms with E-state index in [2.05, 4.69) is 21.1 Å². The van der Waals surface area contributed by atoms with E-state index in [0.717, 1.165) is 37.6 Å². The zero-order valence-electron chi connectivity index (χ0n) is 14.2. The van der Waals surface area contributed by atoms with Crippen LogP contribution in [0.5, 0.6) is 11.5 Å². The summed E-state index contributed by atoms with van der Waals surface area (Å²) in [5.41, 5.74) is 3.01. The quantitative estimate of drug-likeness (QED) is 0.418. The van der Waals surface area contributed by atoms with Gasteiger partial charge in [-0.25, -0.2) is 4.98 Å². The van der Waals surface area contributed by atoms with E-state index in [0.29, 0.717) is 0 Å². The maximum atomic E-state index is 9.37. The molecule has 0 aliphatic rings. The van der Waals surface area contributed by atoms with Gasteiger partial charge in [0, 0.05) is 12.7 Å². The number of methoxy groups -OCH3 is 1. The third kappa shape index (κ3) is 4.00. The molecule has 0 bridgehead atoms. The lowest BCUT2D eigenvalue weighted by molar-refractivity contribution is 0.405. The van der Waals surface area contributed by atoms with E-state index < -0.39 is 0 Å². The number of ether oxygens (including phenoxy) is 1. The summed E-state index contributed by atoms with van der Waals surface area (Å²) in [7, 11) is 3.54. The maximum absolute atomic E-state index is 9.37. The van der Waals surface area contributed by atoms with Gasteiger partial charge in [-0.15, -0.1) is 0 Å². The summed E-state index contributed by atoms with van der Waals surface area (Å²) in [6.45, 7) is 2.01. The second-order valence-electron chi connectivity index (χ2n) is 5.30. The molecule has 1 aromatic heterocycles. The fourth-order valence-corrected chi connectivity index (χ4v) is 4.03. The molecule has 0 fully saturated rings. The van der Waals surface area contributed by atoms with Gasteiger partial charge in [-0.2, -0.15) is 0 Å². The number of aryl methyl sites for hydroxylation is 1. The van der Waals surface area contributed by atoms with Gasteiger partial charge in [0.05, 0.1) is 22.6 Å². The fourth-order valence-electron chi connectivity index (χ4n) is 2.31. The van der Waals surface area contributed by atoms with E-state index in [9.17, 15) is 5.11 Å². The lowest BCUT2D eigenvalue weighted by Crippen LogP contribution is -1.91.